The molecule has 0 nitrogen and oxygen atoms in total. The van der Waals surface area contributed by atoms with E-state index in [1.165, 1.54) is 24.8 Å². The summed E-state index contributed by atoms with van der Waals surface area (Å²) in [7, 11) is 0. The Balaban J connectivity index is 3.02. The Morgan fingerprint density at radius 1 is 1.20 bits per heavy atom. The van der Waals surface area contributed by atoms with Crippen LogP contribution in [0.15, 0.2) is 43.0 Å². The number of rotatable bonds is 6. The van der Waals surface area contributed by atoms with E-state index >= 15 is 0 Å². The van der Waals surface area contributed by atoms with Gasteiger partial charge < -0.3 is 0 Å². The first-order valence-corrected chi connectivity index (χ1v) is 5.95. The Labute approximate surface area is 94.0 Å². The van der Waals surface area contributed by atoms with Crippen LogP contribution in [-0.2, 0) is 5.41 Å². The van der Waals surface area contributed by atoms with Crippen LogP contribution in [0.1, 0.15) is 45.1 Å². The normalized spacial score (nSPS) is 14.5. The van der Waals surface area contributed by atoms with E-state index in [1.54, 1.807) is 0 Å². The van der Waals surface area contributed by atoms with Crippen molar-refractivity contribution in [2.45, 2.75) is 44.9 Å². The summed E-state index contributed by atoms with van der Waals surface area (Å²) in [5.74, 6) is 0. The second kappa shape index (κ2) is 5.75. The van der Waals surface area contributed by atoms with Crippen LogP contribution in [0.3, 0.4) is 0 Å². The first-order valence-electron chi connectivity index (χ1n) is 5.95. The lowest BCUT2D eigenvalue weighted by atomic mass is 9.72. The molecule has 0 heterocycles. The summed E-state index contributed by atoms with van der Waals surface area (Å²) in [5.41, 5.74) is 1.78. The van der Waals surface area contributed by atoms with Gasteiger partial charge in [-0.15, -0.1) is 6.58 Å². The topological polar surface area (TPSA) is 0 Å². The number of allylic oxidation sites excluding steroid dienone is 1. The lowest BCUT2D eigenvalue weighted by Gasteiger charge is -2.32. The van der Waals surface area contributed by atoms with Gasteiger partial charge >= 0.3 is 0 Å². The summed E-state index contributed by atoms with van der Waals surface area (Å²) >= 11 is 0. The molecule has 1 unspecified atom stereocenters. The minimum Gasteiger partial charge on any atom is -0.103 e. The van der Waals surface area contributed by atoms with Gasteiger partial charge in [0.05, 0.1) is 0 Å². The van der Waals surface area contributed by atoms with Gasteiger partial charge in [-0.1, -0.05) is 56.7 Å². The number of hydrogen-bond acceptors (Lipinski definition) is 0. The fourth-order valence-electron chi connectivity index (χ4n) is 2.44. The van der Waals surface area contributed by atoms with Crippen LogP contribution >= 0.6 is 0 Å². The summed E-state index contributed by atoms with van der Waals surface area (Å²) in [6.07, 6.45) is 6.82. The van der Waals surface area contributed by atoms with Crippen molar-refractivity contribution < 1.29 is 0 Å². The van der Waals surface area contributed by atoms with Gasteiger partial charge in [-0.3, -0.25) is 0 Å². The van der Waals surface area contributed by atoms with E-state index < -0.39 is 0 Å². The van der Waals surface area contributed by atoms with Gasteiger partial charge in [-0.05, 0) is 30.2 Å². The van der Waals surface area contributed by atoms with E-state index in [0.717, 1.165) is 6.42 Å². The molecule has 82 valence electrons. The second-order valence-corrected chi connectivity index (χ2v) is 4.24. The van der Waals surface area contributed by atoms with Crippen LogP contribution in [-0.4, -0.2) is 0 Å². The molecule has 15 heavy (non-hydrogen) atoms. The van der Waals surface area contributed by atoms with E-state index in [0.29, 0.717) is 5.41 Å². The summed E-state index contributed by atoms with van der Waals surface area (Å²) in [4.78, 5) is 0. The standard InChI is InChI=1S/C15H22/c1-4-12-15(6-3,13-5-2)14-10-8-7-9-11-14/h4,7-11H,1,5-6,12-13H2,2-3H3. The van der Waals surface area contributed by atoms with E-state index in [2.05, 4.69) is 56.8 Å². The third-order valence-electron chi connectivity index (χ3n) is 3.33. The molecule has 1 atom stereocenters. The molecule has 0 amide bonds. The Hall–Kier alpha value is -1.04. The van der Waals surface area contributed by atoms with Crippen LogP contribution < -0.4 is 0 Å². The maximum atomic E-state index is 3.90. The highest BCUT2D eigenvalue weighted by molar-refractivity contribution is 5.26. The molecule has 0 N–H and O–H groups in total. The van der Waals surface area contributed by atoms with Gasteiger partial charge in [0.1, 0.15) is 0 Å². The Morgan fingerprint density at radius 2 is 1.87 bits per heavy atom. The molecule has 0 aliphatic rings. The van der Waals surface area contributed by atoms with Crippen LogP contribution in [0.4, 0.5) is 0 Å². The highest BCUT2D eigenvalue weighted by Crippen LogP contribution is 2.36. The number of benzene rings is 1. The molecule has 0 heteroatoms. The predicted octanol–water partition coefficient (Wildman–Crippen LogP) is 4.71. The van der Waals surface area contributed by atoms with Gasteiger partial charge in [0, 0.05) is 0 Å². The molecule has 0 radical (unpaired) electrons. The first kappa shape index (κ1) is 12.0. The molecule has 1 aromatic carbocycles. The molecular formula is C15H22. The summed E-state index contributed by atoms with van der Waals surface area (Å²) in [6, 6.07) is 10.9. The van der Waals surface area contributed by atoms with E-state index in [1.807, 2.05) is 0 Å². The second-order valence-electron chi connectivity index (χ2n) is 4.24. The van der Waals surface area contributed by atoms with E-state index in [4.69, 9.17) is 0 Å². The fraction of sp³-hybridized carbons (Fsp3) is 0.467. The molecule has 0 bridgehead atoms. The van der Waals surface area contributed by atoms with Crippen molar-refractivity contribution in [2.75, 3.05) is 0 Å². The average molecular weight is 202 g/mol. The van der Waals surface area contributed by atoms with Crippen molar-refractivity contribution in [3.63, 3.8) is 0 Å². The van der Waals surface area contributed by atoms with Crippen molar-refractivity contribution in [2.24, 2.45) is 0 Å². The van der Waals surface area contributed by atoms with Crippen LogP contribution in [0.2, 0.25) is 0 Å². The molecule has 0 aromatic heterocycles. The van der Waals surface area contributed by atoms with E-state index in [-0.39, 0.29) is 0 Å². The minimum atomic E-state index is 0.317. The molecule has 0 fully saturated rings. The van der Waals surface area contributed by atoms with Crippen molar-refractivity contribution in [1.82, 2.24) is 0 Å². The molecule has 0 aliphatic heterocycles. The molecule has 0 saturated carbocycles. The highest BCUT2D eigenvalue weighted by Gasteiger charge is 2.27. The zero-order valence-corrected chi connectivity index (χ0v) is 10.00. The maximum absolute atomic E-state index is 3.90. The first-order chi connectivity index (χ1) is 7.29. The van der Waals surface area contributed by atoms with E-state index in [9.17, 15) is 0 Å². The zero-order chi connectivity index (χ0) is 11.1. The molecule has 0 saturated heterocycles. The monoisotopic (exact) mass is 202 g/mol. The van der Waals surface area contributed by atoms with Gasteiger partial charge in [0.2, 0.25) is 0 Å². The van der Waals surface area contributed by atoms with Crippen molar-refractivity contribution in [3.8, 4) is 0 Å². The maximum Gasteiger partial charge on any atom is -0.00154 e. The Kier molecular flexibility index (Phi) is 4.61. The third-order valence-corrected chi connectivity index (χ3v) is 3.33. The Morgan fingerprint density at radius 3 is 2.33 bits per heavy atom. The van der Waals surface area contributed by atoms with Crippen LogP contribution in [0.25, 0.3) is 0 Å². The van der Waals surface area contributed by atoms with Gasteiger partial charge in [-0.25, -0.2) is 0 Å². The highest BCUT2D eigenvalue weighted by atomic mass is 14.3. The molecule has 1 rings (SSSR count). The van der Waals surface area contributed by atoms with Crippen molar-refractivity contribution in [1.29, 1.82) is 0 Å². The van der Waals surface area contributed by atoms with Crippen molar-refractivity contribution in [3.05, 3.63) is 48.6 Å². The summed E-state index contributed by atoms with van der Waals surface area (Å²) in [6.45, 7) is 8.45. The van der Waals surface area contributed by atoms with Crippen molar-refractivity contribution >= 4 is 0 Å². The largest absolute Gasteiger partial charge is 0.103 e. The SMILES string of the molecule is C=CCC(CC)(CCC)c1ccccc1. The lowest BCUT2D eigenvalue weighted by molar-refractivity contribution is 0.379. The summed E-state index contributed by atoms with van der Waals surface area (Å²) in [5, 5.41) is 0. The quantitative estimate of drug-likeness (QED) is 0.586. The third kappa shape index (κ3) is 2.71. The Bertz CT molecular complexity index is 286. The molecule has 0 spiro atoms. The lowest BCUT2D eigenvalue weighted by Crippen LogP contribution is -2.24. The molecular weight excluding hydrogens is 180 g/mol. The van der Waals surface area contributed by atoms with Crippen LogP contribution in [0.5, 0.6) is 0 Å². The number of hydrogen-bond donors (Lipinski definition) is 0. The van der Waals surface area contributed by atoms with Crippen LogP contribution in [0, 0.1) is 0 Å². The molecule has 0 aliphatic carbocycles. The minimum absolute atomic E-state index is 0.317. The van der Waals surface area contributed by atoms with Gasteiger partial charge in [-0.2, -0.15) is 0 Å². The fourth-order valence-corrected chi connectivity index (χ4v) is 2.44. The van der Waals surface area contributed by atoms with Gasteiger partial charge in [0.25, 0.3) is 0 Å². The predicted molar refractivity (Wildman–Crippen MR) is 68.1 cm³/mol. The summed E-state index contributed by atoms with van der Waals surface area (Å²) < 4.78 is 0. The molecule has 1 aromatic rings. The van der Waals surface area contributed by atoms with Gasteiger partial charge in [0.15, 0.2) is 0 Å². The zero-order valence-electron chi connectivity index (χ0n) is 10.00. The average Bonchev–Trinajstić information content (AvgIpc) is 2.30. The smallest absolute Gasteiger partial charge is 0.00154 e.